The molecular formula is C22H23Cl2N3O3. The lowest BCUT2D eigenvalue weighted by Gasteiger charge is -2.14. The smallest absolute Gasteiger partial charge is 0.354 e. The molecule has 0 aliphatic heterocycles. The van der Waals surface area contributed by atoms with Crippen LogP contribution in [0.5, 0.6) is 5.75 Å². The summed E-state index contributed by atoms with van der Waals surface area (Å²) in [5.41, 5.74) is 9.71. The molecule has 3 N–H and O–H groups in total. The standard InChI is InChI=1S/C22H22ClN3O3.ClH/c1-26-19(22(27)28-2)10-16-20(8-7-17(23)21(16)26)29-12-14(24)9-13-11-25-18-6-4-3-5-15(13)18;/h3-8,10-11,14,25H,9,12,24H2,1-2H3;1H/t14-;/m0./s1. The fourth-order valence-electron chi connectivity index (χ4n) is 3.66. The molecule has 2 aromatic carbocycles. The Morgan fingerprint density at radius 3 is 2.77 bits per heavy atom. The van der Waals surface area contributed by atoms with Gasteiger partial charge in [0.2, 0.25) is 0 Å². The summed E-state index contributed by atoms with van der Waals surface area (Å²) in [5, 5.41) is 2.45. The summed E-state index contributed by atoms with van der Waals surface area (Å²) in [6, 6.07) is 13.2. The highest BCUT2D eigenvalue weighted by Gasteiger charge is 2.19. The average molecular weight is 448 g/mol. The monoisotopic (exact) mass is 447 g/mol. The second kappa shape index (κ2) is 9.00. The van der Waals surface area contributed by atoms with E-state index >= 15 is 0 Å². The van der Waals surface area contributed by atoms with Crippen molar-refractivity contribution < 1.29 is 14.3 Å². The number of ether oxygens (including phenoxy) is 2. The van der Waals surface area contributed by atoms with E-state index in [0.29, 0.717) is 29.5 Å². The summed E-state index contributed by atoms with van der Waals surface area (Å²) < 4.78 is 12.6. The Labute approximate surface area is 185 Å². The quantitative estimate of drug-likeness (QED) is 0.427. The molecule has 30 heavy (non-hydrogen) atoms. The van der Waals surface area contributed by atoms with Crippen molar-refractivity contribution in [2.45, 2.75) is 12.5 Å². The maximum absolute atomic E-state index is 12.0. The first-order valence-corrected chi connectivity index (χ1v) is 9.67. The van der Waals surface area contributed by atoms with Crippen LogP contribution >= 0.6 is 24.0 Å². The van der Waals surface area contributed by atoms with Crippen LogP contribution in [0.4, 0.5) is 0 Å². The number of nitrogens with two attached hydrogens (primary N) is 1. The van der Waals surface area contributed by atoms with E-state index in [-0.39, 0.29) is 18.4 Å². The third-order valence-corrected chi connectivity index (χ3v) is 5.42. The molecule has 1 atom stereocenters. The van der Waals surface area contributed by atoms with E-state index in [4.69, 9.17) is 26.8 Å². The van der Waals surface area contributed by atoms with Gasteiger partial charge in [-0.25, -0.2) is 4.79 Å². The molecule has 0 radical (unpaired) electrons. The highest BCUT2D eigenvalue weighted by Crippen LogP contribution is 2.34. The molecule has 2 aromatic heterocycles. The van der Waals surface area contributed by atoms with Gasteiger partial charge in [-0.15, -0.1) is 12.4 Å². The van der Waals surface area contributed by atoms with Gasteiger partial charge in [0, 0.05) is 35.6 Å². The maximum Gasteiger partial charge on any atom is 0.354 e. The van der Waals surface area contributed by atoms with Crippen molar-refractivity contribution in [3.63, 3.8) is 0 Å². The van der Waals surface area contributed by atoms with Crippen LogP contribution in [0.25, 0.3) is 21.8 Å². The number of aromatic amines is 1. The molecule has 0 aliphatic rings. The number of H-pyrrole nitrogens is 1. The highest BCUT2D eigenvalue weighted by atomic mass is 35.5. The van der Waals surface area contributed by atoms with Crippen molar-refractivity contribution in [1.82, 2.24) is 9.55 Å². The number of esters is 1. The first-order valence-electron chi connectivity index (χ1n) is 9.29. The lowest BCUT2D eigenvalue weighted by Crippen LogP contribution is -2.30. The molecule has 4 aromatic rings. The van der Waals surface area contributed by atoms with Crippen molar-refractivity contribution in [2.24, 2.45) is 12.8 Å². The Kier molecular flexibility index (Phi) is 6.61. The van der Waals surface area contributed by atoms with Crippen LogP contribution in [0.1, 0.15) is 16.1 Å². The molecule has 0 unspecified atom stereocenters. The summed E-state index contributed by atoms with van der Waals surface area (Å²) in [5.74, 6) is 0.200. The molecule has 158 valence electrons. The van der Waals surface area contributed by atoms with Crippen LogP contribution in [0.3, 0.4) is 0 Å². The van der Waals surface area contributed by atoms with E-state index in [1.54, 1.807) is 29.8 Å². The molecule has 0 fully saturated rings. The van der Waals surface area contributed by atoms with Crippen LogP contribution in [0, 0.1) is 0 Å². The number of aryl methyl sites for hydroxylation is 1. The number of hydrogen-bond acceptors (Lipinski definition) is 4. The predicted molar refractivity (Wildman–Crippen MR) is 122 cm³/mol. The summed E-state index contributed by atoms with van der Waals surface area (Å²) >= 11 is 6.35. The number of hydrogen-bond donors (Lipinski definition) is 2. The van der Waals surface area contributed by atoms with Crippen LogP contribution in [-0.2, 0) is 18.2 Å². The molecule has 6 nitrogen and oxygen atoms in total. The van der Waals surface area contributed by atoms with E-state index in [9.17, 15) is 4.79 Å². The van der Waals surface area contributed by atoms with Gasteiger partial charge >= 0.3 is 5.97 Å². The van der Waals surface area contributed by atoms with Gasteiger partial charge in [-0.2, -0.15) is 0 Å². The number of aromatic nitrogens is 2. The number of nitrogens with one attached hydrogen (secondary N) is 1. The average Bonchev–Trinajstić information content (AvgIpc) is 3.29. The van der Waals surface area contributed by atoms with E-state index < -0.39 is 5.97 Å². The summed E-state index contributed by atoms with van der Waals surface area (Å²) in [6.45, 7) is 0.332. The van der Waals surface area contributed by atoms with E-state index in [1.807, 2.05) is 24.4 Å². The molecule has 0 saturated heterocycles. The minimum absolute atomic E-state index is 0. The van der Waals surface area contributed by atoms with Gasteiger partial charge in [0.1, 0.15) is 18.1 Å². The third kappa shape index (κ3) is 3.99. The van der Waals surface area contributed by atoms with E-state index in [2.05, 4.69) is 11.1 Å². The normalized spacial score (nSPS) is 12.0. The molecule has 0 amide bonds. The van der Waals surface area contributed by atoms with E-state index in [1.165, 1.54) is 12.5 Å². The van der Waals surface area contributed by atoms with Gasteiger partial charge in [0.25, 0.3) is 0 Å². The zero-order chi connectivity index (χ0) is 20.5. The topological polar surface area (TPSA) is 82.3 Å². The van der Waals surface area contributed by atoms with Crippen molar-refractivity contribution in [2.75, 3.05) is 13.7 Å². The Hall–Kier alpha value is -2.67. The Morgan fingerprint density at radius 2 is 2.00 bits per heavy atom. The minimum Gasteiger partial charge on any atom is -0.491 e. The minimum atomic E-state index is -0.429. The number of halogens is 2. The van der Waals surface area contributed by atoms with Gasteiger partial charge in [-0.1, -0.05) is 29.8 Å². The van der Waals surface area contributed by atoms with Crippen LogP contribution in [-0.4, -0.2) is 35.3 Å². The molecule has 0 bridgehead atoms. The SMILES string of the molecule is COC(=O)c1cc2c(OC[C@@H](N)Cc3c[nH]c4ccccc34)ccc(Cl)c2n1C.Cl. The van der Waals surface area contributed by atoms with Crippen LogP contribution < -0.4 is 10.5 Å². The lowest BCUT2D eigenvalue weighted by atomic mass is 10.1. The van der Waals surface area contributed by atoms with Crippen LogP contribution in [0.2, 0.25) is 5.02 Å². The summed E-state index contributed by atoms with van der Waals surface area (Å²) in [6.07, 6.45) is 2.67. The molecule has 4 rings (SSSR count). The Balaban J connectivity index is 0.00000256. The first-order chi connectivity index (χ1) is 14.0. The van der Waals surface area contributed by atoms with Crippen molar-refractivity contribution in [3.8, 4) is 5.75 Å². The van der Waals surface area contributed by atoms with Gasteiger partial charge in [-0.3, -0.25) is 0 Å². The lowest BCUT2D eigenvalue weighted by molar-refractivity contribution is 0.0590. The van der Waals surface area contributed by atoms with Crippen LogP contribution in [0.15, 0.2) is 48.7 Å². The molecule has 8 heteroatoms. The third-order valence-electron chi connectivity index (χ3n) is 5.11. The van der Waals surface area contributed by atoms with Gasteiger partial charge in [0.05, 0.1) is 17.6 Å². The van der Waals surface area contributed by atoms with Gasteiger partial charge in [0.15, 0.2) is 0 Å². The molecule has 0 spiro atoms. The second-order valence-corrected chi connectivity index (χ2v) is 7.43. The molecule has 2 heterocycles. The summed E-state index contributed by atoms with van der Waals surface area (Å²) in [4.78, 5) is 15.3. The second-order valence-electron chi connectivity index (χ2n) is 7.02. The first kappa shape index (κ1) is 22.0. The Bertz CT molecular complexity index is 1200. The number of rotatable bonds is 6. The number of nitrogens with zero attached hydrogens (tertiary/aromatic N) is 1. The number of carbonyl (C=O) groups is 1. The van der Waals surface area contributed by atoms with Gasteiger partial charge in [-0.05, 0) is 36.2 Å². The predicted octanol–water partition coefficient (Wildman–Crippen LogP) is 4.47. The van der Waals surface area contributed by atoms with Crippen molar-refractivity contribution in [1.29, 1.82) is 0 Å². The number of carbonyl (C=O) groups excluding carboxylic acids is 1. The fourth-order valence-corrected chi connectivity index (χ4v) is 3.95. The largest absolute Gasteiger partial charge is 0.491 e. The number of fused-ring (bicyclic) bond motifs is 2. The number of methoxy groups -OCH3 is 1. The highest BCUT2D eigenvalue weighted by molar-refractivity contribution is 6.35. The fraction of sp³-hybridized carbons (Fsp3) is 0.227. The van der Waals surface area contributed by atoms with Crippen molar-refractivity contribution >= 4 is 51.8 Å². The molecular weight excluding hydrogens is 425 g/mol. The Morgan fingerprint density at radius 1 is 1.23 bits per heavy atom. The number of para-hydroxylation sites is 1. The maximum atomic E-state index is 12.0. The van der Waals surface area contributed by atoms with Gasteiger partial charge < -0.3 is 24.8 Å². The zero-order valence-corrected chi connectivity index (χ0v) is 18.2. The zero-order valence-electron chi connectivity index (χ0n) is 16.6. The molecule has 0 saturated carbocycles. The molecule has 0 aliphatic carbocycles. The van der Waals surface area contributed by atoms with E-state index in [0.717, 1.165) is 22.0 Å². The number of benzene rings is 2. The summed E-state index contributed by atoms with van der Waals surface area (Å²) in [7, 11) is 3.12. The van der Waals surface area contributed by atoms with Crippen molar-refractivity contribution in [3.05, 3.63) is 64.9 Å².